The summed E-state index contributed by atoms with van der Waals surface area (Å²) in [5.41, 5.74) is 0.267. The molecule has 4 heteroatoms. The van der Waals surface area contributed by atoms with E-state index in [1.807, 2.05) is 20.8 Å². The molecule has 0 aliphatic heterocycles. The molecule has 0 saturated carbocycles. The van der Waals surface area contributed by atoms with Gasteiger partial charge in [-0.1, -0.05) is 20.8 Å². The summed E-state index contributed by atoms with van der Waals surface area (Å²) < 4.78 is 6.98. The first-order valence-corrected chi connectivity index (χ1v) is 5.47. The number of carbonyl (C=O) groups excluding carboxylic acids is 1. The molecular formula is C13H18N2O2. The molecular weight excluding hydrogens is 216 g/mol. The van der Waals surface area contributed by atoms with Crippen LogP contribution in [0.1, 0.15) is 37.6 Å². The molecule has 4 nitrogen and oxygen atoms in total. The normalized spacial score (nSPS) is 12.9. The van der Waals surface area contributed by atoms with E-state index in [2.05, 4.69) is 11.0 Å². The van der Waals surface area contributed by atoms with E-state index in [4.69, 9.17) is 11.2 Å². The quantitative estimate of drug-likeness (QED) is 0.593. The van der Waals surface area contributed by atoms with Gasteiger partial charge in [-0.15, -0.1) is 12.3 Å². The molecule has 1 rings (SSSR count). The van der Waals surface area contributed by atoms with Crippen LogP contribution in [0.5, 0.6) is 0 Å². The summed E-state index contributed by atoms with van der Waals surface area (Å²) >= 11 is 0. The molecule has 1 unspecified atom stereocenters. The molecule has 0 aromatic carbocycles. The van der Waals surface area contributed by atoms with Crippen LogP contribution in [0.2, 0.25) is 0 Å². The van der Waals surface area contributed by atoms with Crippen molar-refractivity contribution < 1.29 is 9.53 Å². The fourth-order valence-electron chi connectivity index (χ4n) is 1.36. The monoisotopic (exact) mass is 234 g/mol. The Morgan fingerprint density at radius 1 is 1.65 bits per heavy atom. The number of terminal acetylenes is 1. The second kappa shape index (κ2) is 5.05. The van der Waals surface area contributed by atoms with Crippen molar-refractivity contribution in [3.8, 4) is 12.3 Å². The summed E-state index contributed by atoms with van der Waals surface area (Å²) in [6.45, 7) is 5.97. The maximum atomic E-state index is 11.8. The zero-order valence-electron chi connectivity index (χ0n) is 10.7. The molecule has 1 aromatic rings. The fourth-order valence-corrected chi connectivity index (χ4v) is 1.36. The average molecular weight is 234 g/mol. The van der Waals surface area contributed by atoms with Gasteiger partial charge in [-0.25, -0.2) is 4.79 Å². The Bertz CT molecular complexity index is 435. The highest BCUT2D eigenvalue weighted by Crippen LogP contribution is 2.25. The van der Waals surface area contributed by atoms with Crippen molar-refractivity contribution in [2.45, 2.75) is 33.3 Å². The lowest BCUT2D eigenvalue weighted by atomic mass is 9.87. The zero-order chi connectivity index (χ0) is 13.1. The number of hydrogen-bond acceptors (Lipinski definition) is 3. The molecule has 0 radical (unpaired) electrons. The second-order valence-electron chi connectivity index (χ2n) is 5.07. The number of aromatic nitrogens is 2. The second-order valence-corrected chi connectivity index (χ2v) is 5.07. The Hall–Kier alpha value is -1.76. The summed E-state index contributed by atoms with van der Waals surface area (Å²) in [4.78, 5) is 11.8. The van der Waals surface area contributed by atoms with E-state index in [1.54, 1.807) is 17.9 Å². The first-order valence-electron chi connectivity index (χ1n) is 5.47. The summed E-state index contributed by atoms with van der Waals surface area (Å²) in [7, 11) is 1.75. The van der Waals surface area contributed by atoms with E-state index in [-0.39, 0.29) is 17.5 Å². The lowest BCUT2D eigenvalue weighted by Gasteiger charge is -2.28. The predicted octanol–water partition coefficient (Wildman–Crippen LogP) is 2.01. The Kier molecular flexibility index (Phi) is 3.95. The molecule has 0 saturated heterocycles. The molecule has 0 aliphatic rings. The maximum absolute atomic E-state index is 11.8. The van der Waals surface area contributed by atoms with E-state index in [0.717, 1.165) is 0 Å². The van der Waals surface area contributed by atoms with Crippen molar-refractivity contribution in [2.24, 2.45) is 12.5 Å². The van der Waals surface area contributed by atoms with Crippen LogP contribution >= 0.6 is 0 Å². The molecule has 92 valence electrons. The summed E-state index contributed by atoms with van der Waals surface area (Å²) in [6.07, 6.45) is 8.51. The van der Waals surface area contributed by atoms with Gasteiger partial charge in [0.05, 0.1) is 11.8 Å². The third-order valence-corrected chi connectivity index (χ3v) is 2.46. The maximum Gasteiger partial charge on any atom is 0.341 e. The van der Waals surface area contributed by atoms with E-state index in [0.29, 0.717) is 12.0 Å². The minimum Gasteiger partial charge on any atom is -0.457 e. The Morgan fingerprint density at radius 3 is 2.71 bits per heavy atom. The van der Waals surface area contributed by atoms with Crippen LogP contribution in [-0.4, -0.2) is 21.9 Å². The molecule has 1 heterocycles. The summed E-state index contributed by atoms with van der Waals surface area (Å²) in [5, 5.41) is 3.93. The molecule has 17 heavy (non-hydrogen) atoms. The zero-order valence-corrected chi connectivity index (χ0v) is 10.7. The van der Waals surface area contributed by atoms with Crippen LogP contribution in [0.3, 0.4) is 0 Å². The van der Waals surface area contributed by atoms with Crippen molar-refractivity contribution in [3.63, 3.8) is 0 Å². The van der Waals surface area contributed by atoms with Gasteiger partial charge in [0, 0.05) is 19.7 Å². The van der Waals surface area contributed by atoms with E-state index >= 15 is 0 Å². The van der Waals surface area contributed by atoms with Gasteiger partial charge in [0.25, 0.3) is 0 Å². The van der Waals surface area contributed by atoms with Gasteiger partial charge in [-0.2, -0.15) is 5.10 Å². The van der Waals surface area contributed by atoms with Crippen LogP contribution in [0, 0.1) is 17.8 Å². The smallest absolute Gasteiger partial charge is 0.341 e. The van der Waals surface area contributed by atoms with Crippen molar-refractivity contribution >= 4 is 5.97 Å². The average Bonchev–Trinajstić information content (AvgIpc) is 2.62. The largest absolute Gasteiger partial charge is 0.457 e. The summed E-state index contributed by atoms with van der Waals surface area (Å²) in [5.74, 6) is 2.16. The molecule has 0 spiro atoms. The third-order valence-electron chi connectivity index (χ3n) is 2.46. The van der Waals surface area contributed by atoms with E-state index < -0.39 is 0 Å². The first kappa shape index (κ1) is 13.3. The number of esters is 1. The van der Waals surface area contributed by atoms with Crippen LogP contribution < -0.4 is 0 Å². The summed E-state index contributed by atoms with van der Waals surface area (Å²) in [6, 6.07) is 0. The van der Waals surface area contributed by atoms with Gasteiger partial charge < -0.3 is 4.74 Å². The highest BCUT2D eigenvalue weighted by molar-refractivity contribution is 5.88. The number of nitrogens with zero attached hydrogens (tertiary/aromatic N) is 2. The van der Waals surface area contributed by atoms with E-state index in [9.17, 15) is 4.79 Å². The molecule has 0 aliphatic carbocycles. The van der Waals surface area contributed by atoms with Gasteiger partial charge in [-0.3, -0.25) is 4.68 Å². The van der Waals surface area contributed by atoms with Crippen LogP contribution in [0.4, 0.5) is 0 Å². The highest BCUT2D eigenvalue weighted by Gasteiger charge is 2.28. The number of rotatable bonds is 3. The fraction of sp³-hybridized carbons (Fsp3) is 0.538. The third kappa shape index (κ3) is 3.63. The van der Waals surface area contributed by atoms with Crippen molar-refractivity contribution in [1.82, 2.24) is 9.78 Å². The standard InChI is InChI=1S/C13H18N2O2/c1-6-7-11(13(2,3)4)17-12(16)10-8-14-15(5)9-10/h1,8-9,11H,7H2,2-5H3. The van der Waals surface area contributed by atoms with Gasteiger partial charge in [0.15, 0.2) is 0 Å². The van der Waals surface area contributed by atoms with Crippen molar-refractivity contribution in [2.75, 3.05) is 0 Å². The first-order chi connectivity index (χ1) is 7.84. The Morgan fingerprint density at radius 2 is 2.29 bits per heavy atom. The number of carbonyl (C=O) groups is 1. The SMILES string of the molecule is C#CCC(OC(=O)c1cnn(C)c1)C(C)(C)C. The van der Waals surface area contributed by atoms with E-state index in [1.165, 1.54) is 6.20 Å². The van der Waals surface area contributed by atoms with Gasteiger partial charge in [-0.05, 0) is 5.41 Å². The van der Waals surface area contributed by atoms with Crippen LogP contribution in [0.25, 0.3) is 0 Å². The van der Waals surface area contributed by atoms with Gasteiger partial charge in [0.2, 0.25) is 0 Å². The number of ether oxygens (including phenoxy) is 1. The molecule has 0 bridgehead atoms. The number of hydrogen-bond donors (Lipinski definition) is 0. The molecule has 0 fully saturated rings. The minimum atomic E-state index is -0.381. The lowest BCUT2D eigenvalue weighted by molar-refractivity contribution is -0.000549. The number of aryl methyl sites for hydroxylation is 1. The highest BCUT2D eigenvalue weighted by atomic mass is 16.5. The van der Waals surface area contributed by atoms with Crippen molar-refractivity contribution in [3.05, 3.63) is 18.0 Å². The topological polar surface area (TPSA) is 44.1 Å². The lowest BCUT2D eigenvalue weighted by Crippen LogP contribution is -2.31. The molecule has 0 N–H and O–H groups in total. The van der Waals surface area contributed by atoms with Crippen LogP contribution in [0.15, 0.2) is 12.4 Å². The molecule has 1 atom stereocenters. The minimum absolute atomic E-state index is 0.176. The molecule has 0 amide bonds. The molecule has 1 aromatic heterocycles. The van der Waals surface area contributed by atoms with Crippen molar-refractivity contribution in [1.29, 1.82) is 0 Å². The van der Waals surface area contributed by atoms with Gasteiger partial charge in [0.1, 0.15) is 6.10 Å². The van der Waals surface area contributed by atoms with Crippen LogP contribution in [-0.2, 0) is 11.8 Å². The predicted molar refractivity (Wildman–Crippen MR) is 65.3 cm³/mol. The Labute approximate surface area is 102 Å². The Balaban J connectivity index is 2.75. The van der Waals surface area contributed by atoms with Gasteiger partial charge >= 0.3 is 5.97 Å².